The Balaban J connectivity index is 2.47. The lowest BCUT2D eigenvalue weighted by atomic mass is 10.1. The van der Waals surface area contributed by atoms with Gasteiger partial charge in [-0.15, -0.1) is 0 Å². The third-order valence-corrected chi connectivity index (χ3v) is 3.41. The zero-order valence-corrected chi connectivity index (χ0v) is 13.5. The molecule has 1 aromatic rings. The number of carbonyl (C=O) groups is 1. The Kier molecular flexibility index (Phi) is 7.93. The largest absolute Gasteiger partial charge is 0.389 e. The van der Waals surface area contributed by atoms with E-state index in [2.05, 4.69) is 12.2 Å². The Morgan fingerprint density at radius 2 is 2.05 bits per heavy atom. The van der Waals surface area contributed by atoms with Gasteiger partial charge in [0.2, 0.25) is 0 Å². The van der Waals surface area contributed by atoms with Crippen LogP contribution in [0, 0.1) is 0 Å². The van der Waals surface area contributed by atoms with E-state index in [1.807, 2.05) is 12.1 Å². The highest BCUT2D eigenvalue weighted by Gasteiger charge is 2.15. The minimum absolute atomic E-state index is 0.186. The molecule has 21 heavy (non-hydrogen) atoms. The van der Waals surface area contributed by atoms with Gasteiger partial charge >= 0.3 is 0 Å². The van der Waals surface area contributed by atoms with Crippen LogP contribution in [0.25, 0.3) is 0 Å². The number of carbonyl (C=O) groups excluding carboxylic acids is 1. The molecule has 0 spiro atoms. The number of anilines is 1. The Morgan fingerprint density at radius 1 is 1.33 bits per heavy atom. The molecular weight excluding hydrogens is 284 g/mol. The maximum atomic E-state index is 12.1. The smallest absolute Gasteiger partial charge is 0.253 e. The van der Waals surface area contributed by atoms with Gasteiger partial charge in [-0.3, -0.25) is 4.79 Å². The van der Waals surface area contributed by atoms with E-state index < -0.39 is 6.10 Å². The zero-order chi connectivity index (χ0) is 15.7. The molecule has 0 saturated carbocycles. The van der Waals surface area contributed by atoms with Crippen molar-refractivity contribution in [3.8, 4) is 0 Å². The number of ether oxygens (including phenoxy) is 1. The number of unbranched alkanes of at least 4 members (excludes halogenated alkanes) is 3. The van der Waals surface area contributed by atoms with Crippen LogP contribution in [-0.4, -0.2) is 23.6 Å². The molecular formula is C16H24N2O2S. The van der Waals surface area contributed by atoms with Gasteiger partial charge in [0.25, 0.3) is 5.91 Å². The Morgan fingerprint density at radius 3 is 2.71 bits per heavy atom. The van der Waals surface area contributed by atoms with Crippen LogP contribution in [0.15, 0.2) is 24.3 Å². The minimum atomic E-state index is -0.494. The summed E-state index contributed by atoms with van der Waals surface area (Å²) in [5.41, 5.74) is 6.93. The summed E-state index contributed by atoms with van der Waals surface area (Å²) < 4.78 is 5.55. The maximum Gasteiger partial charge on any atom is 0.253 e. The van der Waals surface area contributed by atoms with Crippen LogP contribution in [0.2, 0.25) is 0 Å². The van der Waals surface area contributed by atoms with Crippen molar-refractivity contribution in [2.45, 2.75) is 45.6 Å². The predicted molar refractivity (Wildman–Crippen MR) is 90.5 cm³/mol. The Hall–Kier alpha value is -1.46. The second-order valence-electron chi connectivity index (χ2n) is 4.97. The summed E-state index contributed by atoms with van der Waals surface area (Å²) in [5, 5.41) is 2.81. The van der Waals surface area contributed by atoms with Gasteiger partial charge in [-0.05, 0) is 25.5 Å². The summed E-state index contributed by atoms with van der Waals surface area (Å²) in [4.78, 5) is 12.3. The van der Waals surface area contributed by atoms with Gasteiger partial charge in [0, 0.05) is 12.2 Å². The third kappa shape index (κ3) is 6.23. The number of hydrogen-bond acceptors (Lipinski definition) is 3. The fourth-order valence-electron chi connectivity index (χ4n) is 1.91. The highest BCUT2D eigenvalue weighted by Crippen LogP contribution is 2.15. The molecule has 0 fully saturated rings. The number of nitrogens with two attached hydrogens (primary N) is 1. The first-order valence-electron chi connectivity index (χ1n) is 7.37. The van der Waals surface area contributed by atoms with Crippen molar-refractivity contribution in [2.75, 3.05) is 11.9 Å². The van der Waals surface area contributed by atoms with Crippen molar-refractivity contribution in [2.24, 2.45) is 5.73 Å². The number of benzene rings is 1. The first-order chi connectivity index (χ1) is 10.1. The van der Waals surface area contributed by atoms with Crippen LogP contribution in [0.3, 0.4) is 0 Å². The maximum absolute atomic E-state index is 12.1. The van der Waals surface area contributed by atoms with Gasteiger partial charge in [0.1, 0.15) is 11.1 Å². The number of para-hydroxylation sites is 1. The molecule has 1 rings (SSSR count). The molecule has 0 saturated heterocycles. The Labute approximate surface area is 132 Å². The molecule has 116 valence electrons. The molecule has 1 aromatic carbocycles. The van der Waals surface area contributed by atoms with Gasteiger partial charge in [-0.25, -0.2) is 0 Å². The van der Waals surface area contributed by atoms with Crippen LogP contribution in [0.5, 0.6) is 0 Å². The van der Waals surface area contributed by atoms with Gasteiger partial charge in [-0.1, -0.05) is 50.5 Å². The monoisotopic (exact) mass is 308 g/mol. The summed E-state index contributed by atoms with van der Waals surface area (Å²) in [6, 6.07) is 7.22. The molecule has 3 N–H and O–H groups in total. The third-order valence-electron chi connectivity index (χ3n) is 3.19. The average Bonchev–Trinajstić information content (AvgIpc) is 2.47. The highest BCUT2D eigenvalue weighted by molar-refractivity contribution is 7.80. The van der Waals surface area contributed by atoms with Gasteiger partial charge < -0.3 is 15.8 Å². The molecule has 0 aliphatic heterocycles. The van der Waals surface area contributed by atoms with Crippen LogP contribution in [0.4, 0.5) is 5.69 Å². The van der Waals surface area contributed by atoms with E-state index in [-0.39, 0.29) is 10.9 Å². The molecule has 1 atom stereocenters. The second kappa shape index (κ2) is 9.47. The number of amides is 1. The van der Waals surface area contributed by atoms with Crippen molar-refractivity contribution >= 4 is 28.8 Å². The summed E-state index contributed by atoms with van der Waals surface area (Å²) >= 11 is 4.97. The van der Waals surface area contributed by atoms with E-state index in [9.17, 15) is 4.79 Å². The van der Waals surface area contributed by atoms with Crippen molar-refractivity contribution in [1.82, 2.24) is 0 Å². The first-order valence-corrected chi connectivity index (χ1v) is 7.78. The molecule has 0 aliphatic carbocycles. The van der Waals surface area contributed by atoms with Crippen molar-refractivity contribution in [3.05, 3.63) is 29.8 Å². The molecule has 0 bridgehead atoms. The van der Waals surface area contributed by atoms with Crippen molar-refractivity contribution in [1.29, 1.82) is 0 Å². The van der Waals surface area contributed by atoms with E-state index in [0.29, 0.717) is 17.9 Å². The summed E-state index contributed by atoms with van der Waals surface area (Å²) in [6.07, 6.45) is 4.01. The summed E-state index contributed by atoms with van der Waals surface area (Å²) in [5.74, 6) is -0.186. The first kappa shape index (κ1) is 17.6. The van der Waals surface area contributed by atoms with Crippen LogP contribution in [0.1, 0.15) is 45.1 Å². The molecule has 4 nitrogen and oxygen atoms in total. The highest BCUT2D eigenvalue weighted by atomic mass is 32.1. The fourth-order valence-corrected chi connectivity index (χ4v) is 2.08. The van der Waals surface area contributed by atoms with E-state index in [4.69, 9.17) is 22.7 Å². The summed E-state index contributed by atoms with van der Waals surface area (Å²) in [7, 11) is 0. The van der Waals surface area contributed by atoms with E-state index in [1.165, 1.54) is 12.8 Å². The van der Waals surface area contributed by atoms with E-state index >= 15 is 0 Å². The van der Waals surface area contributed by atoms with Gasteiger partial charge in [0.15, 0.2) is 0 Å². The lowest BCUT2D eigenvalue weighted by molar-refractivity contribution is -0.126. The SMILES string of the molecule is CCCCCCOC(C)C(=O)Nc1ccccc1C(N)=S. The normalized spacial score (nSPS) is 11.9. The van der Waals surface area contributed by atoms with Crippen LogP contribution >= 0.6 is 12.2 Å². The van der Waals surface area contributed by atoms with Crippen molar-refractivity contribution in [3.63, 3.8) is 0 Å². The predicted octanol–water partition coefficient (Wildman–Crippen LogP) is 3.24. The lowest BCUT2D eigenvalue weighted by Gasteiger charge is -2.15. The molecule has 5 heteroatoms. The molecule has 0 aromatic heterocycles. The Bertz CT molecular complexity index is 477. The zero-order valence-electron chi connectivity index (χ0n) is 12.7. The molecule has 0 aliphatic rings. The standard InChI is InChI=1S/C16H24N2O2S/c1-3-4-5-8-11-20-12(2)16(19)18-14-10-7-6-9-13(14)15(17)21/h6-7,9-10,12H,3-5,8,11H2,1-2H3,(H2,17,21)(H,18,19). The van der Waals surface area contributed by atoms with Crippen LogP contribution < -0.4 is 11.1 Å². The molecule has 1 unspecified atom stereocenters. The number of hydrogen-bond donors (Lipinski definition) is 2. The second-order valence-corrected chi connectivity index (χ2v) is 5.41. The summed E-state index contributed by atoms with van der Waals surface area (Å²) in [6.45, 7) is 4.51. The van der Waals surface area contributed by atoms with E-state index in [1.54, 1.807) is 19.1 Å². The molecule has 0 radical (unpaired) electrons. The topological polar surface area (TPSA) is 64.3 Å². The number of nitrogens with one attached hydrogen (secondary N) is 1. The number of rotatable bonds is 9. The minimum Gasteiger partial charge on any atom is -0.389 e. The fraction of sp³-hybridized carbons (Fsp3) is 0.500. The van der Waals surface area contributed by atoms with Crippen LogP contribution in [-0.2, 0) is 9.53 Å². The average molecular weight is 308 g/mol. The van der Waals surface area contributed by atoms with Gasteiger partial charge in [-0.2, -0.15) is 0 Å². The lowest BCUT2D eigenvalue weighted by Crippen LogP contribution is -2.29. The molecule has 0 heterocycles. The van der Waals surface area contributed by atoms with E-state index in [0.717, 1.165) is 12.8 Å². The van der Waals surface area contributed by atoms with Gasteiger partial charge in [0.05, 0.1) is 5.69 Å². The van der Waals surface area contributed by atoms with Crippen molar-refractivity contribution < 1.29 is 9.53 Å². The quantitative estimate of drug-likeness (QED) is 0.543. The molecule has 1 amide bonds. The number of thiocarbonyl (C=S) groups is 1.